The van der Waals surface area contributed by atoms with Gasteiger partial charge in [-0.1, -0.05) is 15.9 Å². The summed E-state index contributed by atoms with van der Waals surface area (Å²) in [6.07, 6.45) is 1.59. The Bertz CT molecular complexity index is 1440. The second-order valence-electron chi connectivity index (χ2n) is 6.78. The monoisotopic (exact) mass is 513 g/mol. The molecule has 0 unspecified atom stereocenters. The molecular weight excluding hydrogens is 494 g/mol. The van der Waals surface area contributed by atoms with Crippen LogP contribution in [0.2, 0.25) is 0 Å². The molecule has 2 aromatic carbocycles. The largest absolute Gasteiger partial charge is 0.504 e. The van der Waals surface area contributed by atoms with E-state index >= 15 is 0 Å². The van der Waals surface area contributed by atoms with Gasteiger partial charge in [-0.3, -0.25) is 0 Å². The molecule has 4 rings (SSSR count). The predicted octanol–water partition coefficient (Wildman–Crippen LogP) is 5.14. The molecule has 0 bridgehead atoms. The highest BCUT2D eigenvalue weighted by atomic mass is 79.9. The zero-order valence-corrected chi connectivity index (χ0v) is 19.8. The summed E-state index contributed by atoms with van der Waals surface area (Å²) in [6, 6.07) is 12.3. The molecule has 2 heterocycles. The smallest absolute Gasteiger partial charge is 0.345 e. The van der Waals surface area contributed by atoms with E-state index in [9.17, 15) is 9.90 Å². The Hall–Kier alpha value is -3.17. The minimum atomic E-state index is -0.401. The van der Waals surface area contributed by atoms with E-state index in [0.717, 1.165) is 21.1 Å². The highest BCUT2D eigenvalue weighted by molar-refractivity contribution is 9.10. The Morgan fingerprint density at radius 3 is 2.84 bits per heavy atom. The molecule has 0 aliphatic rings. The number of fused-ring (bicyclic) bond motifs is 1. The van der Waals surface area contributed by atoms with Gasteiger partial charge in [-0.05, 0) is 61.9 Å². The average Bonchev–Trinajstić information content (AvgIpc) is 3.18. The van der Waals surface area contributed by atoms with Crippen LogP contribution in [0.1, 0.15) is 19.4 Å². The van der Waals surface area contributed by atoms with Gasteiger partial charge in [0.2, 0.25) is 4.80 Å². The molecular formula is C23H20BrN3O4S. The van der Waals surface area contributed by atoms with E-state index in [1.54, 1.807) is 30.5 Å². The van der Waals surface area contributed by atoms with E-state index in [-0.39, 0.29) is 5.75 Å². The molecule has 9 heteroatoms. The summed E-state index contributed by atoms with van der Waals surface area (Å²) in [4.78, 5) is 13.3. The van der Waals surface area contributed by atoms with Crippen molar-refractivity contribution in [2.75, 3.05) is 6.61 Å². The van der Waals surface area contributed by atoms with Crippen LogP contribution in [0.15, 0.2) is 71.7 Å². The summed E-state index contributed by atoms with van der Waals surface area (Å²) in [5.74, 6) is 0.474. The molecule has 0 aliphatic heterocycles. The van der Waals surface area contributed by atoms with Crippen LogP contribution in [0.25, 0.3) is 22.2 Å². The van der Waals surface area contributed by atoms with E-state index in [1.165, 1.54) is 11.3 Å². The molecule has 164 valence electrons. The van der Waals surface area contributed by atoms with Gasteiger partial charge >= 0.3 is 5.63 Å². The van der Waals surface area contributed by atoms with Gasteiger partial charge in [0.05, 0.1) is 24.1 Å². The fourth-order valence-corrected chi connectivity index (χ4v) is 4.53. The molecule has 2 aromatic heterocycles. The van der Waals surface area contributed by atoms with Gasteiger partial charge in [-0.15, -0.1) is 16.4 Å². The van der Waals surface area contributed by atoms with Gasteiger partial charge in [0, 0.05) is 21.8 Å². The first kappa shape index (κ1) is 22.0. The second kappa shape index (κ2) is 9.54. The van der Waals surface area contributed by atoms with E-state index < -0.39 is 5.63 Å². The molecule has 0 saturated heterocycles. The first-order valence-corrected chi connectivity index (χ1v) is 11.6. The maximum Gasteiger partial charge on any atom is 0.345 e. The molecule has 7 nitrogen and oxygen atoms in total. The highest BCUT2D eigenvalue weighted by Crippen LogP contribution is 2.26. The minimum absolute atomic E-state index is 0.0777. The number of hydrogen-bond donors (Lipinski definition) is 1. The fraction of sp³-hybridized carbons (Fsp3) is 0.174. The standard InChI is InChI=1S/C23H20BrN3O4S/c1-3-27-18(17-11-15-10-16(24)6-8-20(15)31-22(17)29)13-32-23(27)26-25-12-14-5-7-19(28)21(9-14)30-4-2/h5-13,28H,3-4H2,1-2H3/b25-12+,26-23+. The van der Waals surface area contributed by atoms with Gasteiger partial charge < -0.3 is 18.8 Å². The fourth-order valence-electron chi connectivity index (χ4n) is 3.23. The number of benzene rings is 2. The number of ether oxygens (including phenoxy) is 1. The normalized spacial score (nSPS) is 12.2. The van der Waals surface area contributed by atoms with Crippen LogP contribution in [-0.2, 0) is 6.54 Å². The van der Waals surface area contributed by atoms with Crippen LogP contribution >= 0.6 is 27.3 Å². The van der Waals surface area contributed by atoms with Crippen molar-refractivity contribution in [2.45, 2.75) is 20.4 Å². The van der Waals surface area contributed by atoms with Crippen molar-refractivity contribution in [3.63, 3.8) is 0 Å². The Kier molecular flexibility index (Phi) is 6.57. The van der Waals surface area contributed by atoms with Gasteiger partial charge in [0.1, 0.15) is 5.58 Å². The van der Waals surface area contributed by atoms with Crippen molar-refractivity contribution < 1.29 is 14.3 Å². The number of phenolic OH excluding ortho intramolecular Hbond substituents is 1. The van der Waals surface area contributed by atoms with Crippen LogP contribution < -0.4 is 15.2 Å². The first-order valence-electron chi connectivity index (χ1n) is 9.95. The molecule has 0 radical (unpaired) electrons. The minimum Gasteiger partial charge on any atom is -0.504 e. The van der Waals surface area contributed by atoms with Crippen LogP contribution in [0, 0.1) is 0 Å². The lowest BCUT2D eigenvalue weighted by atomic mass is 10.1. The number of hydrogen-bond acceptors (Lipinski definition) is 7. The van der Waals surface area contributed by atoms with E-state index in [0.29, 0.717) is 34.8 Å². The predicted molar refractivity (Wildman–Crippen MR) is 130 cm³/mol. The Balaban J connectivity index is 1.71. The molecule has 0 spiro atoms. The van der Waals surface area contributed by atoms with Crippen LogP contribution in [0.4, 0.5) is 0 Å². The summed E-state index contributed by atoms with van der Waals surface area (Å²) < 4.78 is 13.7. The molecule has 4 aromatic rings. The third-order valence-electron chi connectivity index (χ3n) is 4.72. The molecule has 1 N–H and O–H groups in total. The number of phenols is 1. The zero-order valence-electron chi connectivity index (χ0n) is 17.4. The molecule has 0 aliphatic carbocycles. The lowest BCUT2D eigenvalue weighted by Crippen LogP contribution is -2.16. The summed E-state index contributed by atoms with van der Waals surface area (Å²) in [5, 5.41) is 21.0. The number of halogens is 1. The lowest BCUT2D eigenvalue weighted by molar-refractivity contribution is 0.318. The number of thiazole rings is 1. The van der Waals surface area contributed by atoms with E-state index in [4.69, 9.17) is 9.15 Å². The van der Waals surface area contributed by atoms with Crippen molar-refractivity contribution in [1.82, 2.24) is 4.57 Å². The maximum absolute atomic E-state index is 12.6. The summed E-state index contributed by atoms with van der Waals surface area (Å²) in [7, 11) is 0. The average molecular weight is 514 g/mol. The summed E-state index contributed by atoms with van der Waals surface area (Å²) in [6.45, 7) is 4.89. The number of aromatic hydroxyl groups is 1. The van der Waals surface area contributed by atoms with Crippen LogP contribution in [0.5, 0.6) is 11.5 Å². The first-order chi connectivity index (χ1) is 15.5. The number of nitrogens with zero attached hydrogens (tertiary/aromatic N) is 3. The van der Waals surface area contributed by atoms with Gasteiger partial charge in [0.25, 0.3) is 0 Å². The van der Waals surface area contributed by atoms with Crippen molar-refractivity contribution in [2.24, 2.45) is 10.2 Å². The maximum atomic E-state index is 12.6. The molecule has 0 saturated carbocycles. The molecule has 0 amide bonds. The Morgan fingerprint density at radius 2 is 2.06 bits per heavy atom. The second-order valence-corrected chi connectivity index (χ2v) is 8.53. The SMILES string of the molecule is CCOc1cc(/C=N/N=c2/scc(-c3cc4cc(Br)ccc4oc3=O)n2CC)ccc1O. The van der Waals surface area contributed by atoms with Gasteiger partial charge in [0.15, 0.2) is 11.5 Å². The van der Waals surface area contributed by atoms with Gasteiger partial charge in [-0.2, -0.15) is 5.10 Å². The Morgan fingerprint density at radius 1 is 1.22 bits per heavy atom. The highest BCUT2D eigenvalue weighted by Gasteiger charge is 2.13. The molecule has 32 heavy (non-hydrogen) atoms. The van der Waals surface area contributed by atoms with Crippen molar-refractivity contribution >= 4 is 44.5 Å². The topological polar surface area (TPSA) is 89.3 Å². The Labute approximate surface area is 196 Å². The number of aromatic nitrogens is 1. The lowest BCUT2D eigenvalue weighted by Gasteiger charge is -2.06. The third kappa shape index (κ3) is 4.53. The van der Waals surface area contributed by atoms with Crippen molar-refractivity contribution in [3.8, 4) is 22.8 Å². The molecule has 0 fully saturated rings. The summed E-state index contributed by atoms with van der Waals surface area (Å²) >= 11 is 4.84. The third-order valence-corrected chi connectivity index (χ3v) is 6.07. The van der Waals surface area contributed by atoms with Crippen LogP contribution in [-0.4, -0.2) is 22.5 Å². The quantitative estimate of drug-likeness (QED) is 0.219. The summed E-state index contributed by atoms with van der Waals surface area (Å²) in [5.41, 5.74) is 2.08. The van der Waals surface area contributed by atoms with Crippen LogP contribution in [0.3, 0.4) is 0 Å². The van der Waals surface area contributed by atoms with E-state index in [1.807, 2.05) is 42.0 Å². The van der Waals surface area contributed by atoms with Crippen molar-refractivity contribution in [1.29, 1.82) is 0 Å². The molecule has 0 atom stereocenters. The zero-order chi connectivity index (χ0) is 22.7. The van der Waals surface area contributed by atoms with E-state index in [2.05, 4.69) is 26.1 Å². The van der Waals surface area contributed by atoms with Crippen molar-refractivity contribution in [3.05, 3.63) is 73.1 Å². The number of rotatable bonds is 6. The van der Waals surface area contributed by atoms with Gasteiger partial charge in [-0.25, -0.2) is 4.79 Å².